The molecule has 1 nitrogen and oxygen atoms in total. The standard InChI is InChI=1S/C14H20BN/c1-2-3-4-7-11-15-12-10-13-8-5-6-9-14(13)16-15/h5-6,8-10,12,16H,2-4,7,11H2,1H3. The summed E-state index contributed by atoms with van der Waals surface area (Å²) in [4.78, 5) is 0. The molecule has 0 radical (unpaired) electrons. The molecular weight excluding hydrogens is 193 g/mol. The molecule has 16 heavy (non-hydrogen) atoms. The Balaban J connectivity index is 1.84. The van der Waals surface area contributed by atoms with Crippen LogP contribution in [0, 0.1) is 0 Å². The Hall–Kier alpha value is -1.18. The molecule has 0 aromatic heterocycles. The first-order chi connectivity index (χ1) is 7.90. The third kappa shape index (κ3) is 2.91. The van der Waals surface area contributed by atoms with E-state index in [4.69, 9.17) is 0 Å². The van der Waals surface area contributed by atoms with E-state index in [9.17, 15) is 0 Å². The fourth-order valence-corrected chi connectivity index (χ4v) is 2.20. The van der Waals surface area contributed by atoms with Gasteiger partial charge in [-0.2, -0.15) is 0 Å². The van der Waals surface area contributed by atoms with E-state index < -0.39 is 0 Å². The Morgan fingerprint density at radius 2 is 2.00 bits per heavy atom. The Morgan fingerprint density at radius 1 is 1.12 bits per heavy atom. The monoisotopic (exact) mass is 213 g/mol. The van der Waals surface area contributed by atoms with E-state index >= 15 is 0 Å². The minimum absolute atomic E-state index is 0.534. The number of unbranched alkanes of at least 4 members (excludes halogenated alkanes) is 3. The second-order valence-corrected chi connectivity index (χ2v) is 4.55. The van der Waals surface area contributed by atoms with E-state index in [2.05, 4.69) is 48.5 Å². The van der Waals surface area contributed by atoms with Crippen molar-refractivity contribution < 1.29 is 0 Å². The maximum Gasteiger partial charge on any atom is 0.278 e. The third-order valence-electron chi connectivity index (χ3n) is 3.18. The molecule has 1 aromatic carbocycles. The Kier molecular flexibility index (Phi) is 4.09. The summed E-state index contributed by atoms with van der Waals surface area (Å²) in [5.74, 6) is 2.30. The lowest BCUT2D eigenvalue weighted by atomic mass is 9.56. The summed E-state index contributed by atoms with van der Waals surface area (Å²) in [5, 5.41) is 3.59. The number of nitrogens with one attached hydrogen (secondary N) is 1. The second kappa shape index (κ2) is 5.79. The van der Waals surface area contributed by atoms with Crippen molar-refractivity contribution >= 4 is 18.6 Å². The van der Waals surface area contributed by atoms with E-state index in [0.29, 0.717) is 6.85 Å². The summed E-state index contributed by atoms with van der Waals surface area (Å²) < 4.78 is 0. The number of benzene rings is 1. The van der Waals surface area contributed by atoms with Gasteiger partial charge in [0.2, 0.25) is 0 Å². The average Bonchev–Trinajstić information content (AvgIpc) is 2.34. The van der Waals surface area contributed by atoms with Gasteiger partial charge in [0, 0.05) is 5.69 Å². The van der Waals surface area contributed by atoms with Crippen LogP contribution in [-0.2, 0) is 0 Å². The molecule has 0 unspecified atom stereocenters. The van der Waals surface area contributed by atoms with E-state index in [1.165, 1.54) is 43.3 Å². The van der Waals surface area contributed by atoms with Gasteiger partial charge in [-0.1, -0.05) is 62.9 Å². The molecule has 0 amide bonds. The molecular formula is C14H20BN. The van der Waals surface area contributed by atoms with Crippen molar-refractivity contribution in [3.05, 3.63) is 35.8 Å². The molecule has 2 heteroatoms. The zero-order valence-corrected chi connectivity index (χ0v) is 10.1. The highest BCUT2D eigenvalue weighted by Gasteiger charge is 2.15. The van der Waals surface area contributed by atoms with Crippen LogP contribution in [0.15, 0.2) is 30.2 Å². The summed E-state index contributed by atoms with van der Waals surface area (Å²) in [7, 11) is 0. The number of anilines is 1. The zero-order chi connectivity index (χ0) is 11.2. The summed E-state index contributed by atoms with van der Waals surface area (Å²) >= 11 is 0. The lowest BCUT2D eigenvalue weighted by Crippen LogP contribution is -2.24. The first-order valence-corrected chi connectivity index (χ1v) is 6.44. The third-order valence-corrected chi connectivity index (χ3v) is 3.18. The normalized spacial score (nSPS) is 13.4. The summed E-state index contributed by atoms with van der Waals surface area (Å²) in [6.45, 7) is 2.79. The highest BCUT2D eigenvalue weighted by molar-refractivity contribution is 6.69. The SMILES string of the molecule is CCCCCCB1C=Cc2ccccc2N1. The number of para-hydroxylation sites is 1. The number of rotatable bonds is 5. The van der Waals surface area contributed by atoms with Gasteiger partial charge in [0.15, 0.2) is 0 Å². The van der Waals surface area contributed by atoms with Crippen molar-refractivity contribution in [2.24, 2.45) is 0 Å². The zero-order valence-electron chi connectivity index (χ0n) is 10.1. The van der Waals surface area contributed by atoms with E-state index in [0.717, 1.165) is 0 Å². The van der Waals surface area contributed by atoms with Gasteiger partial charge in [-0.25, -0.2) is 0 Å². The summed E-state index contributed by atoms with van der Waals surface area (Å²) in [6.07, 6.45) is 8.88. The number of fused-ring (bicyclic) bond motifs is 1. The largest absolute Gasteiger partial charge is 0.424 e. The molecule has 0 aliphatic carbocycles. The van der Waals surface area contributed by atoms with Crippen LogP contribution in [0.4, 0.5) is 5.69 Å². The van der Waals surface area contributed by atoms with Gasteiger partial charge in [-0.15, -0.1) is 0 Å². The first-order valence-electron chi connectivity index (χ1n) is 6.44. The van der Waals surface area contributed by atoms with Crippen molar-refractivity contribution in [1.29, 1.82) is 0 Å². The minimum atomic E-state index is 0.534. The molecule has 2 rings (SSSR count). The van der Waals surface area contributed by atoms with Gasteiger partial charge < -0.3 is 5.23 Å². The molecule has 1 aliphatic heterocycles. The van der Waals surface area contributed by atoms with Crippen LogP contribution in [0.25, 0.3) is 6.08 Å². The highest BCUT2D eigenvalue weighted by atomic mass is 14.8. The molecule has 0 atom stereocenters. The van der Waals surface area contributed by atoms with Crippen LogP contribution in [-0.4, -0.2) is 6.85 Å². The van der Waals surface area contributed by atoms with Crippen molar-refractivity contribution in [3.63, 3.8) is 0 Å². The van der Waals surface area contributed by atoms with Crippen LogP contribution < -0.4 is 5.23 Å². The quantitative estimate of drug-likeness (QED) is 0.569. The second-order valence-electron chi connectivity index (χ2n) is 4.55. The van der Waals surface area contributed by atoms with Crippen LogP contribution in [0.5, 0.6) is 0 Å². The predicted octanol–water partition coefficient (Wildman–Crippen LogP) is 4.24. The van der Waals surface area contributed by atoms with Gasteiger partial charge in [0.25, 0.3) is 6.85 Å². The molecule has 0 saturated carbocycles. The van der Waals surface area contributed by atoms with Crippen molar-refractivity contribution in [2.45, 2.75) is 38.9 Å². The van der Waals surface area contributed by atoms with Crippen molar-refractivity contribution in [3.8, 4) is 0 Å². The van der Waals surface area contributed by atoms with Crippen LogP contribution >= 0.6 is 0 Å². The van der Waals surface area contributed by atoms with Gasteiger partial charge in [0.1, 0.15) is 0 Å². The molecule has 0 bridgehead atoms. The fourth-order valence-electron chi connectivity index (χ4n) is 2.20. The Labute approximate surface area is 99.1 Å². The lowest BCUT2D eigenvalue weighted by molar-refractivity contribution is 0.699. The molecule has 1 heterocycles. The molecule has 1 aliphatic rings. The minimum Gasteiger partial charge on any atom is -0.424 e. The van der Waals surface area contributed by atoms with E-state index in [1.54, 1.807) is 0 Å². The molecule has 0 saturated heterocycles. The van der Waals surface area contributed by atoms with E-state index in [1.807, 2.05) is 0 Å². The van der Waals surface area contributed by atoms with Gasteiger partial charge in [0.05, 0.1) is 0 Å². The van der Waals surface area contributed by atoms with E-state index in [-0.39, 0.29) is 0 Å². The van der Waals surface area contributed by atoms with Crippen molar-refractivity contribution in [1.82, 2.24) is 0 Å². The predicted molar refractivity (Wildman–Crippen MR) is 73.8 cm³/mol. The number of hydrogen-bond donors (Lipinski definition) is 1. The summed E-state index contributed by atoms with van der Waals surface area (Å²) in [5.41, 5.74) is 2.60. The molecule has 1 N–H and O–H groups in total. The smallest absolute Gasteiger partial charge is 0.278 e. The summed E-state index contributed by atoms with van der Waals surface area (Å²) in [6, 6.07) is 8.51. The maximum atomic E-state index is 3.59. The lowest BCUT2D eigenvalue weighted by Gasteiger charge is -2.19. The number of hydrogen-bond acceptors (Lipinski definition) is 1. The first kappa shape index (κ1) is 11.3. The molecule has 0 fully saturated rings. The topological polar surface area (TPSA) is 12.0 Å². The Morgan fingerprint density at radius 3 is 2.88 bits per heavy atom. The fraction of sp³-hybridized carbons (Fsp3) is 0.429. The average molecular weight is 213 g/mol. The van der Waals surface area contributed by atoms with Gasteiger partial charge >= 0.3 is 0 Å². The maximum absolute atomic E-state index is 3.59. The molecule has 1 aromatic rings. The van der Waals surface area contributed by atoms with Crippen LogP contribution in [0.1, 0.15) is 38.2 Å². The van der Waals surface area contributed by atoms with Crippen LogP contribution in [0.3, 0.4) is 0 Å². The van der Waals surface area contributed by atoms with Gasteiger partial charge in [-0.3, -0.25) is 0 Å². The van der Waals surface area contributed by atoms with Gasteiger partial charge in [-0.05, 0) is 17.9 Å². The molecule has 0 spiro atoms. The van der Waals surface area contributed by atoms with Crippen LogP contribution in [0.2, 0.25) is 6.32 Å². The Bertz CT molecular complexity index is 360. The van der Waals surface area contributed by atoms with Crippen molar-refractivity contribution in [2.75, 3.05) is 5.23 Å². The molecule has 84 valence electrons. The highest BCUT2D eigenvalue weighted by Crippen LogP contribution is 2.23.